The number of aromatic nitrogens is 4. The highest BCUT2D eigenvalue weighted by molar-refractivity contribution is 7.99. The number of amides is 1. The van der Waals surface area contributed by atoms with Crippen molar-refractivity contribution in [1.82, 2.24) is 19.7 Å². The summed E-state index contributed by atoms with van der Waals surface area (Å²) in [6.45, 7) is 0. The number of carbonyl (C=O) groups excluding carboxylic acids is 1. The zero-order valence-corrected chi connectivity index (χ0v) is 15.5. The van der Waals surface area contributed by atoms with Crippen molar-refractivity contribution in [3.8, 4) is 5.69 Å². The number of benzene rings is 2. The van der Waals surface area contributed by atoms with Crippen LogP contribution in [0.1, 0.15) is 0 Å². The first kappa shape index (κ1) is 18.8. The van der Waals surface area contributed by atoms with Gasteiger partial charge in [-0.15, -0.1) is 0 Å². The fraction of sp³-hybridized carbons (Fsp3) is 0.0526. The molecule has 0 bridgehead atoms. The molecule has 2 heterocycles. The largest absolute Gasteiger partial charge is 0.325 e. The van der Waals surface area contributed by atoms with Gasteiger partial charge in [0.1, 0.15) is 17.0 Å². The van der Waals surface area contributed by atoms with Crippen molar-refractivity contribution in [3.63, 3.8) is 0 Å². The number of hydrogen-bond donors (Lipinski definition) is 2. The first-order chi connectivity index (χ1) is 14.0. The Morgan fingerprint density at radius 3 is 2.41 bits per heavy atom. The Kier molecular flexibility index (Phi) is 5.09. The fourth-order valence-electron chi connectivity index (χ4n) is 2.60. The first-order valence-corrected chi connectivity index (χ1v) is 9.40. The average molecular weight is 413 g/mol. The lowest BCUT2D eigenvalue weighted by molar-refractivity contribution is -0.113. The Morgan fingerprint density at radius 1 is 1.07 bits per heavy atom. The van der Waals surface area contributed by atoms with Crippen LogP contribution in [0, 0.1) is 11.6 Å². The molecule has 0 saturated carbocycles. The highest BCUT2D eigenvalue weighted by Crippen LogP contribution is 2.18. The van der Waals surface area contributed by atoms with Crippen LogP contribution in [0.4, 0.5) is 14.5 Å². The summed E-state index contributed by atoms with van der Waals surface area (Å²) < 4.78 is 27.5. The molecule has 10 heteroatoms. The molecule has 0 unspecified atom stereocenters. The van der Waals surface area contributed by atoms with Gasteiger partial charge in [0.15, 0.2) is 10.8 Å². The lowest BCUT2D eigenvalue weighted by Crippen LogP contribution is -2.15. The second kappa shape index (κ2) is 7.84. The summed E-state index contributed by atoms with van der Waals surface area (Å²) in [6.07, 6.45) is 1.38. The number of anilines is 1. The molecular formula is C19H13F2N5O2S. The summed E-state index contributed by atoms with van der Waals surface area (Å²) in [5.74, 6) is -1.14. The number of nitrogens with zero attached hydrogens (tertiary/aromatic N) is 3. The lowest BCUT2D eigenvalue weighted by Gasteiger charge is -2.06. The predicted molar refractivity (Wildman–Crippen MR) is 105 cm³/mol. The monoisotopic (exact) mass is 413 g/mol. The third-order valence-electron chi connectivity index (χ3n) is 3.96. The van der Waals surface area contributed by atoms with Gasteiger partial charge in [-0.3, -0.25) is 9.59 Å². The molecule has 7 nitrogen and oxygen atoms in total. The highest BCUT2D eigenvalue weighted by Gasteiger charge is 2.13. The molecule has 2 N–H and O–H groups in total. The molecule has 2 aromatic carbocycles. The lowest BCUT2D eigenvalue weighted by atomic mass is 10.3. The second-order valence-corrected chi connectivity index (χ2v) is 6.95. The van der Waals surface area contributed by atoms with E-state index in [-0.39, 0.29) is 28.0 Å². The number of nitrogens with one attached hydrogen (secondary N) is 2. The van der Waals surface area contributed by atoms with E-state index in [4.69, 9.17) is 0 Å². The SMILES string of the molecule is O=C(CSc1nc2c(cnn2-c2ccc(F)cc2)c(=O)[nH]1)Nc1ccc(F)cc1. The predicted octanol–water partition coefficient (Wildman–Crippen LogP) is 3.12. The van der Waals surface area contributed by atoms with E-state index in [2.05, 4.69) is 20.4 Å². The molecule has 146 valence electrons. The second-order valence-electron chi connectivity index (χ2n) is 5.98. The molecule has 0 atom stereocenters. The van der Waals surface area contributed by atoms with Crippen molar-refractivity contribution < 1.29 is 13.6 Å². The minimum Gasteiger partial charge on any atom is -0.325 e. The van der Waals surface area contributed by atoms with Crippen LogP contribution in [0.3, 0.4) is 0 Å². The van der Waals surface area contributed by atoms with Crippen molar-refractivity contribution in [2.75, 3.05) is 11.1 Å². The summed E-state index contributed by atoms with van der Waals surface area (Å²) in [7, 11) is 0. The van der Waals surface area contributed by atoms with E-state index in [0.717, 1.165) is 11.8 Å². The maximum absolute atomic E-state index is 13.2. The average Bonchev–Trinajstić information content (AvgIpc) is 3.13. The Bertz CT molecular complexity index is 1240. The van der Waals surface area contributed by atoms with Crippen molar-refractivity contribution in [2.45, 2.75) is 5.16 Å². The molecule has 4 aromatic rings. The van der Waals surface area contributed by atoms with Gasteiger partial charge >= 0.3 is 0 Å². The van der Waals surface area contributed by atoms with Gasteiger partial charge in [-0.1, -0.05) is 11.8 Å². The number of thioether (sulfide) groups is 1. The van der Waals surface area contributed by atoms with Gasteiger partial charge < -0.3 is 10.3 Å². The molecule has 4 rings (SSSR count). The third-order valence-corrected chi connectivity index (χ3v) is 4.83. The molecule has 29 heavy (non-hydrogen) atoms. The van der Waals surface area contributed by atoms with E-state index in [9.17, 15) is 18.4 Å². The summed E-state index contributed by atoms with van der Waals surface area (Å²) in [5, 5.41) is 7.29. The van der Waals surface area contributed by atoms with E-state index in [1.807, 2.05) is 0 Å². The number of hydrogen-bond acceptors (Lipinski definition) is 5. The van der Waals surface area contributed by atoms with E-state index in [0.29, 0.717) is 17.0 Å². The molecule has 1 amide bonds. The quantitative estimate of drug-likeness (QED) is 0.387. The molecular weight excluding hydrogens is 400 g/mol. The van der Waals surface area contributed by atoms with E-state index < -0.39 is 11.4 Å². The number of fused-ring (bicyclic) bond motifs is 1. The fourth-order valence-corrected chi connectivity index (χ4v) is 3.26. The van der Waals surface area contributed by atoms with Crippen molar-refractivity contribution >= 4 is 34.4 Å². The van der Waals surface area contributed by atoms with E-state index in [1.54, 1.807) is 0 Å². The zero-order chi connectivity index (χ0) is 20.4. The first-order valence-electron chi connectivity index (χ1n) is 8.42. The minimum absolute atomic E-state index is 0.0174. The van der Waals surface area contributed by atoms with Crippen LogP contribution in [0.15, 0.2) is 64.7 Å². The maximum Gasteiger partial charge on any atom is 0.262 e. The summed E-state index contributed by atoms with van der Waals surface area (Å²) in [5.41, 5.74) is 0.902. The number of carbonyl (C=O) groups is 1. The Hall–Kier alpha value is -3.53. The van der Waals surface area contributed by atoms with Crippen LogP contribution in [0.5, 0.6) is 0 Å². The topological polar surface area (TPSA) is 92.7 Å². The smallest absolute Gasteiger partial charge is 0.262 e. The van der Waals surface area contributed by atoms with Crippen LogP contribution in [0.25, 0.3) is 16.7 Å². The van der Waals surface area contributed by atoms with Gasteiger partial charge in [-0.25, -0.2) is 18.4 Å². The van der Waals surface area contributed by atoms with E-state index >= 15 is 0 Å². The van der Waals surface area contributed by atoms with Gasteiger partial charge in [0.05, 0.1) is 17.6 Å². The van der Waals surface area contributed by atoms with Crippen molar-refractivity contribution in [3.05, 3.63) is 76.7 Å². The minimum atomic E-state index is -0.398. The molecule has 0 fully saturated rings. The normalized spacial score (nSPS) is 11.0. The summed E-state index contributed by atoms with van der Waals surface area (Å²) in [6, 6.07) is 11.0. The standard InChI is InChI=1S/C19H13F2N5O2S/c20-11-1-5-13(6-2-11)23-16(27)10-29-19-24-17-15(18(28)25-19)9-22-26(17)14-7-3-12(21)4-8-14/h1-9H,10H2,(H,23,27)(H,24,25,28). The van der Waals surface area contributed by atoms with Crippen molar-refractivity contribution in [2.24, 2.45) is 0 Å². The Balaban J connectivity index is 1.54. The number of aromatic amines is 1. The highest BCUT2D eigenvalue weighted by atomic mass is 32.2. The van der Waals surface area contributed by atoms with Gasteiger partial charge in [-0.2, -0.15) is 5.10 Å². The van der Waals surface area contributed by atoms with Crippen LogP contribution >= 0.6 is 11.8 Å². The van der Waals surface area contributed by atoms with Gasteiger partial charge in [0, 0.05) is 5.69 Å². The van der Waals surface area contributed by atoms with Crippen LogP contribution in [0.2, 0.25) is 0 Å². The van der Waals surface area contributed by atoms with Crippen molar-refractivity contribution in [1.29, 1.82) is 0 Å². The van der Waals surface area contributed by atoms with Gasteiger partial charge in [0.25, 0.3) is 5.56 Å². The molecule has 0 aliphatic carbocycles. The summed E-state index contributed by atoms with van der Waals surface area (Å²) in [4.78, 5) is 31.4. The number of rotatable bonds is 5. The number of halogens is 2. The van der Waals surface area contributed by atoms with E-state index in [1.165, 1.54) is 59.4 Å². The maximum atomic E-state index is 13.2. The molecule has 0 aliphatic heterocycles. The molecule has 0 spiro atoms. The summed E-state index contributed by atoms with van der Waals surface area (Å²) >= 11 is 1.04. The van der Waals surface area contributed by atoms with Crippen LogP contribution in [-0.4, -0.2) is 31.4 Å². The molecule has 0 radical (unpaired) electrons. The number of H-pyrrole nitrogens is 1. The third kappa shape index (κ3) is 4.16. The Morgan fingerprint density at radius 2 is 1.72 bits per heavy atom. The van der Waals surface area contributed by atoms with Crippen LogP contribution < -0.4 is 10.9 Å². The molecule has 0 aliphatic rings. The zero-order valence-electron chi connectivity index (χ0n) is 14.7. The molecule has 2 aromatic heterocycles. The Labute approximate surface area is 166 Å². The van der Waals surface area contributed by atoms with Gasteiger partial charge in [0.2, 0.25) is 5.91 Å². The van der Waals surface area contributed by atoms with Gasteiger partial charge in [-0.05, 0) is 48.5 Å². The molecule has 0 saturated heterocycles. The van der Waals surface area contributed by atoms with Crippen LogP contribution in [-0.2, 0) is 4.79 Å².